The maximum Gasteiger partial charge on any atom is 0.311 e. The van der Waals surface area contributed by atoms with E-state index in [1.165, 1.54) is 12.3 Å². The summed E-state index contributed by atoms with van der Waals surface area (Å²) in [5.41, 5.74) is 2.21. The van der Waals surface area contributed by atoms with Crippen LogP contribution >= 0.6 is 11.6 Å². The quantitative estimate of drug-likeness (QED) is 0.154. The Labute approximate surface area is 220 Å². The summed E-state index contributed by atoms with van der Waals surface area (Å²) in [6, 6.07) is 18.2. The molecule has 9 heteroatoms. The van der Waals surface area contributed by atoms with Crippen LogP contribution in [0.4, 0.5) is 0 Å². The first-order chi connectivity index (χ1) is 17.7. The second kappa shape index (κ2) is 11.7. The number of unbranched alkanes of at least 4 members (excludes halogenated alkanes) is 2. The van der Waals surface area contributed by atoms with E-state index in [-0.39, 0.29) is 29.0 Å². The molecule has 1 N–H and O–H groups in total. The second-order valence-corrected chi connectivity index (χ2v) is 10.8. The Kier molecular flexibility index (Phi) is 8.43. The van der Waals surface area contributed by atoms with Crippen LogP contribution < -0.4 is 14.9 Å². The Hall–Kier alpha value is -3.46. The lowest BCUT2D eigenvalue weighted by atomic mass is 10.1. The zero-order valence-electron chi connectivity index (χ0n) is 20.2. The zero-order valence-corrected chi connectivity index (χ0v) is 21.8. The van der Waals surface area contributed by atoms with Gasteiger partial charge in [-0.25, -0.2) is 13.1 Å². The summed E-state index contributed by atoms with van der Waals surface area (Å²) in [5, 5.41) is 0.948. The van der Waals surface area contributed by atoms with E-state index in [2.05, 4.69) is 4.72 Å². The number of aryl methyl sites for hydroxylation is 1. The van der Waals surface area contributed by atoms with E-state index >= 15 is 0 Å². The minimum absolute atomic E-state index is 0.183. The van der Waals surface area contributed by atoms with Gasteiger partial charge in [0.05, 0.1) is 15.8 Å². The average molecular weight is 540 g/mol. The molecule has 0 spiro atoms. The van der Waals surface area contributed by atoms with Crippen LogP contribution in [0.2, 0.25) is 5.02 Å². The molecule has 0 atom stereocenters. The molecule has 0 saturated heterocycles. The van der Waals surface area contributed by atoms with E-state index in [1.54, 1.807) is 60.7 Å². The van der Waals surface area contributed by atoms with E-state index in [4.69, 9.17) is 20.8 Å². The van der Waals surface area contributed by atoms with Crippen molar-refractivity contribution in [3.63, 3.8) is 0 Å². The zero-order chi connectivity index (χ0) is 26.4. The number of ether oxygens (including phenoxy) is 1. The van der Waals surface area contributed by atoms with Gasteiger partial charge in [-0.3, -0.25) is 9.59 Å². The number of hydrogen-bond donors (Lipinski definition) is 1. The number of fused-ring (bicyclic) bond motifs is 1. The van der Waals surface area contributed by atoms with Crippen molar-refractivity contribution in [1.82, 2.24) is 4.72 Å². The van der Waals surface area contributed by atoms with Gasteiger partial charge in [-0.15, -0.1) is 0 Å². The minimum Gasteiger partial charge on any atom is -0.463 e. The predicted molar refractivity (Wildman–Crippen MR) is 143 cm³/mol. The molecular weight excluding hydrogens is 514 g/mol. The van der Waals surface area contributed by atoms with Gasteiger partial charge in [0.15, 0.2) is 5.43 Å². The van der Waals surface area contributed by atoms with Crippen molar-refractivity contribution in [3.05, 3.63) is 93.8 Å². The van der Waals surface area contributed by atoms with Gasteiger partial charge >= 0.3 is 5.97 Å². The fraction of sp³-hybridized carbons (Fsp3) is 0.214. The van der Waals surface area contributed by atoms with Crippen LogP contribution in [-0.4, -0.2) is 20.9 Å². The van der Waals surface area contributed by atoms with E-state index in [1.807, 2.05) is 6.92 Å². The number of nitrogens with one attached hydrogen (secondary N) is 1. The lowest BCUT2D eigenvalue weighted by Crippen LogP contribution is -2.24. The molecule has 0 fully saturated rings. The predicted octanol–water partition coefficient (Wildman–Crippen LogP) is 5.87. The Bertz CT molecular complexity index is 1560. The molecule has 4 aromatic rings. The van der Waals surface area contributed by atoms with Gasteiger partial charge in [0.1, 0.15) is 17.6 Å². The Morgan fingerprint density at radius 2 is 1.70 bits per heavy atom. The average Bonchev–Trinajstić information content (AvgIpc) is 2.87. The molecule has 0 aliphatic rings. The van der Waals surface area contributed by atoms with Gasteiger partial charge < -0.3 is 9.15 Å². The van der Waals surface area contributed by atoms with Crippen molar-refractivity contribution in [2.75, 3.05) is 6.54 Å². The standard InChI is InChI=1S/C28H26ClNO6S/c1-19-6-13-23(14-7-19)37(33,34)30-16-4-2-3-5-27(31)36-22-12-15-24-26(17-22)35-18-25(28(24)32)20-8-10-21(29)11-9-20/h6-15,17-18,30H,2-5,16H2,1H3. The highest BCUT2D eigenvalue weighted by Gasteiger charge is 2.14. The smallest absolute Gasteiger partial charge is 0.311 e. The summed E-state index contributed by atoms with van der Waals surface area (Å²) in [5.74, 6) is -0.134. The summed E-state index contributed by atoms with van der Waals surface area (Å²) < 4.78 is 38.2. The SMILES string of the molecule is Cc1ccc(S(=O)(=O)NCCCCCC(=O)Oc2ccc3c(=O)c(-c4ccc(Cl)cc4)coc3c2)cc1. The molecule has 0 saturated carbocycles. The summed E-state index contributed by atoms with van der Waals surface area (Å²) in [6.45, 7) is 2.18. The van der Waals surface area contributed by atoms with Crippen LogP contribution in [0, 0.1) is 6.92 Å². The number of halogens is 1. The molecule has 0 amide bonds. The molecule has 1 heterocycles. The number of sulfonamides is 1. The highest BCUT2D eigenvalue weighted by Crippen LogP contribution is 2.24. The van der Waals surface area contributed by atoms with Crippen molar-refractivity contribution < 1.29 is 22.4 Å². The minimum atomic E-state index is -3.54. The molecule has 1 aromatic heterocycles. The van der Waals surface area contributed by atoms with Crippen molar-refractivity contribution in [1.29, 1.82) is 0 Å². The first-order valence-corrected chi connectivity index (χ1v) is 13.7. The second-order valence-electron chi connectivity index (χ2n) is 8.64. The molecule has 0 unspecified atom stereocenters. The molecule has 0 aliphatic carbocycles. The first kappa shape index (κ1) is 26.6. The Morgan fingerprint density at radius 3 is 2.43 bits per heavy atom. The molecule has 0 aliphatic heterocycles. The summed E-state index contributed by atoms with van der Waals surface area (Å²) in [7, 11) is -3.54. The Morgan fingerprint density at radius 1 is 0.973 bits per heavy atom. The lowest BCUT2D eigenvalue weighted by molar-refractivity contribution is -0.134. The van der Waals surface area contributed by atoms with Crippen molar-refractivity contribution in [2.24, 2.45) is 0 Å². The van der Waals surface area contributed by atoms with Crippen LogP contribution in [-0.2, 0) is 14.8 Å². The largest absolute Gasteiger partial charge is 0.463 e. The molecule has 192 valence electrons. The highest BCUT2D eigenvalue weighted by molar-refractivity contribution is 7.89. The van der Waals surface area contributed by atoms with Crippen LogP contribution in [0.25, 0.3) is 22.1 Å². The molecule has 4 rings (SSSR count). The third-order valence-electron chi connectivity index (χ3n) is 5.81. The lowest BCUT2D eigenvalue weighted by Gasteiger charge is -2.08. The normalized spacial score (nSPS) is 11.5. The highest BCUT2D eigenvalue weighted by atomic mass is 35.5. The van der Waals surface area contributed by atoms with E-state index in [9.17, 15) is 18.0 Å². The maximum absolute atomic E-state index is 12.9. The third-order valence-corrected chi connectivity index (χ3v) is 7.54. The molecule has 0 radical (unpaired) electrons. The van der Waals surface area contributed by atoms with Crippen LogP contribution in [0.5, 0.6) is 5.75 Å². The topological polar surface area (TPSA) is 103 Å². The monoisotopic (exact) mass is 539 g/mol. The van der Waals surface area contributed by atoms with Gasteiger partial charge in [0.25, 0.3) is 0 Å². The summed E-state index contributed by atoms with van der Waals surface area (Å²) in [4.78, 5) is 25.4. The van der Waals surface area contributed by atoms with E-state index < -0.39 is 16.0 Å². The number of esters is 1. The summed E-state index contributed by atoms with van der Waals surface area (Å²) >= 11 is 5.92. The molecule has 3 aromatic carbocycles. The van der Waals surface area contributed by atoms with Crippen molar-refractivity contribution in [3.8, 4) is 16.9 Å². The molecule has 37 heavy (non-hydrogen) atoms. The van der Waals surface area contributed by atoms with Gasteiger partial charge in [-0.2, -0.15) is 0 Å². The van der Waals surface area contributed by atoms with Crippen LogP contribution in [0.1, 0.15) is 31.2 Å². The number of carbonyl (C=O) groups is 1. The fourth-order valence-electron chi connectivity index (χ4n) is 3.76. The molecular formula is C28H26ClNO6S. The number of carbonyl (C=O) groups excluding carboxylic acids is 1. The fourth-order valence-corrected chi connectivity index (χ4v) is 4.96. The number of hydrogen-bond acceptors (Lipinski definition) is 6. The first-order valence-electron chi connectivity index (χ1n) is 11.8. The van der Waals surface area contributed by atoms with Crippen molar-refractivity contribution in [2.45, 2.75) is 37.5 Å². The number of rotatable bonds is 10. The van der Waals surface area contributed by atoms with Gasteiger partial charge in [0, 0.05) is 24.1 Å². The number of benzene rings is 3. The van der Waals surface area contributed by atoms with Crippen molar-refractivity contribution >= 4 is 38.6 Å². The van der Waals surface area contributed by atoms with E-state index in [0.717, 1.165) is 5.56 Å². The van der Waals surface area contributed by atoms with Gasteiger partial charge in [0.2, 0.25) is 10.0 Å². The third kappa shape index (κ3) is 6.85. The van der Waals surface area contributed by atoms with Crippen LogP contribution in [0.3, 0.4) is 0 Å². The maximum atomic E-state index is 12.9. The van der Waals surface area contributed by atoms with E-state index in [0.29, 0.717) is 46.4 Å². The van der Waals surface area contributed by atoms with Gasteiger partial charge in [-0.05, 0) is 61.7 Å². The molecule has 0 bridgehead atoms. The van der Waals surface area contributed by atoms with Gasteiger partial charge in [-0.1, -0.05) is 47.9 Å². The van der Waals surface area contributed by atoms with Crippen LogP contribution in [0.15, 0.2) is 87.1 Å². The molecule has 7 nitrogen and oxygen atoms in total. The summed E-state index contributed by atoms with van der Waals surface area (Å²) in [6.07, 6.45) is 3.37. The Balaban J connectivity index is 1.25.